The van der Waals surface area contributed by atoms with Gasteiger partial charge in [0.15, 0.2) is 6.61 Å². The molecule has 0 radical (unpaired) electrons. The van der Waals surface area contributed by atoms with Crippen molar-refractivity contribution in [3.63, 3.8) is 0 Å². The fraction of sp³-hybridized carbons (Fsp3) is 0.500. The lowest BCUT2D eigenvalue weighted by atomic mass is 9.39. The van der Waals surface area contributed by atoms with Crippen LogP contribution in [-0.2, 0) is 10.2 Å². The van der Waals surface area contributed by atoms with E-state index in [-0.39, 0.29) is 46.6 Å². The molecule has 1 atom stereocenters. The molecule has 4 fully saturated rings. The topological polar surface area (TPSA) is 77.2 Å². The predicted molar refractivity (Wildman–Crippen MR) is 89.9 cm³/mol. The van der Waals surface area contributed by atoms with Gasteiger partial charge in [-0.2, -0.15) is 0 Å². The van der Waals surface area contributed by atoms with E-state index in [1.807, 2.05) is 0 Å². The summed E-state index contributed by atoms with van der Waals surface area (Å²) in [6, 6.07) is 3.94. The molecule has 4 aliphatic rings. The van der Waals surface area contributed by atoms with Gasteiger partial charge in [-0.05, 0) is 31.4 Å². The third kappa shape index (κ3) is 2.75. The Morgan fingerprint density at radius 3 is 2.68 bits per heavy atom. The van der Waals surface area contributed by atoms with Crippen LogP contribution in [0, 0.1) is 5.82 Å². The normalized spacial score (nSPS) is 31.5. The summed E-state index contributed by atoms with van der Waals surface area (Å²) in [5, 5.41) is 10.6. The van der Waals surface area contributed by atoms with Crippen LogP contribution in [0.1, 0.15) is 43.4 Å². The minimum Gasteiger partial charge on any atom is -0.484 e. The summed E-state index contributed by atoms with van der Waals surface area (Å²) in [5.74, 6) is -4.09. The number of carbonyl (C=O) groups is 1. The second-order valence-electron chi connectivity index (χ2n) is 7.97. The Morgan fingerprint density at radius 2 is 2.04 bits per heavy atom. The molecular formula is C18H15ClF3N3O3. The Morgan fingerprint density at radius 1 is 1.32 bits per heavy atom. The van der Waals surface area contributed by atoms with Gasteiger partial charge in [-0.15, -0.1) is 10.2 Å². The van der Waals surface area contributed by atoms with E-state index in [1.54, 1.807) is 0 Å². The molecule has 4 saturated carbocycles. The number of carbonyl (C=O) groups excluding carboxylic acids is 1. The number of nitrogens with one attached hydrogen (secondary N) is 1. The maximum atomic E-state index is 13.4. The quantitative estimate of drug-likeness (QED) is 0.785. The summed E-state index contributed by atoms with van der Waals surface area (Å²) >= 11 is 5.60. The van der Waals surface area contributed by atoms with Crippen molar-refractivity contribution in [3.05, 3.63) is 40.8 Å². The van der Waals surface area contributed by atoms with Crippen LogP contribution < -0.4 is 10.1 Å². The van der Waals surface area contributed by atoms with Gasteiger partial charge in [0.2, 0.25) is 11.8 Å². The van der Waals surface area contributed by atoms with Gasteiger partial charge in [0.1, 0.15) is 17.5 Å². The molecule has 6 nitrogen and oxygen atoms in total. The van der Waals surface area contributed by atoms with Gasteiger partial charge >= 0.3 is 0 Å². The van der Waals surface area contributed by atoms with E-state index >= 15 is 0 Å². The van der Waals surface area contributed by atoms with Gasteiger partial charge in [0.05, 0.1) is 10.4 Å². The summed E-state index contributed by atoms with van der Waals surface area (Å²) in [6.07, 6.45) is 1.59. The molecule has 1 heterocycles. The van der Waals surface area contributed by atoms with Gasteiger partial charge in [0, 0.05) is 18.0 Å². The summed E-state index contributed by atoms with van der Waals surface area (Å²) in [4.78, 5) is 12.1. The number of hydrogen-bond acceptors (Lipinski definition) is 5. The van der Waals surface area contributed by atoms with Crippen LogP contribution in [0.3, 0.4) is 0 Å². The number of ether oxygens (including phenoxy) is 1. The molecule has 0 aliphatic heterocycles. The zero-order valence-corrected chi connectivity index (χ0v) is 15.2. The Bertz CT molecular complexity index is 960. The smallest absolute Gasteiger partial charge is 0.260 e. The number of alkyl halides is 2. The minimum absolute atomic E-state index is 0.00796. The molecule has 6 rings (SSSR count). The third-order valence-electron chi connectivity index (χ3n) is 5.71. The SMILES string of the molecule is O=C(COc1ccc(Cl)c(F)c1)NC12CC(c3nnc([C@@H]4CC4(F)F)o3)(C1)C2. The molecule has 0 saturated heterocycles. The highest BCUT2D eigenvalue weighted by atomic mass is 35.5. The van der Waals surface area contributed by atoms with Crippen LogP contribution >= 0.6 is 11.6 Å². The molecule has 1 aromatic carbocycles. The Kier molecular flexibility index (Phi) is 3.57. The molecule has 10 heteroatoms. The van der Waals surface area contributed by atoms with Crippen molar-refractivity contribution in [2.45, 2.75) is 48.5 Å². The first-order valence-corrected chi connectivity index (χ1v) is 9.19. The molecule has 2 aromatic rings. The van der Waals surface area contributed by atoms with Crippen LogP contribution in [0.2, 0.25) is 5.02 Å². The summed E-state index contributed by atoms with van der Waals surface area (Å²) < 4.78 is 50.4. The summed E-state index contributed by atoms with van der Waals surface area (Å²) in [6.45, 7) is -0.253. The maximum absolute atomic E-state index is 13.4. The first-order valence-electron chi connectivity index (χ1n) is 8.81. The van der Waals surface area contributed by atoms with Gasteiger partial charge < -0.3 is 14.5 Å². The van der Waals surface area contributed by atoms with Crippen molar-refractivity contribution in [2.75, 3.05) is 6.61 Å². The minimum atomic E-state index is -2.74. The van der Waals surface area contributed by atoms with Crippen molar-refractivity contribution >= 4 is 17.5 Å². The highest BCUT2D eigenvalue weighted by Crippen LogP contribution is 2.67. The molecule has 4 aliphatic carbocycles. The zero-order chi connectivity index (χ0) is 19.7. The zero-order valence-electron chi connectivity index (χ0n) is 14.5. The molecular weight excluding hydrogens is 399 g/mol. The van der Waals surface area contributed by atoms with E-state index in [0.717, 1.165) is 6.07 Å². The lowest BCUT2D eigenvalue weighted by Gasteiger charge is -2.68. The highest BCUT2D eigenvalue weighted by Gasteiger charge is 2.72. The predicted octanol–water partition coefficient (Wildman–Crippen LogP) is 3.35. The Balaban J connectivity index is 1.13. The van der Waals surface area contributed by atoms with Crippen LogP contribution in [0.25, 0.3) is 0 Å². The van der Waals surface area contributed by atoms with Gasteiger partial charge in [-0.1, -0.05) is 11.6 Å². The fourth-order valence-electron chi connectivity index (χ4n) is 4.27. The molecule has 1 N–H and O–H groups in total. The molecule has 0 unspecified atom stereocenters. The average molecular weight is 414 g/mol. The fourth-order valence-corrected chi connectivity index (χ4v) is 4.38. The van der Waals surface area contributed by atoms with E-state index in [1.165, 1.54) is 12.1 Å². The molecule has 0 spiro atoms. The number of hydrogen-bond donors (Lipinski definition) is 1. The second-order valence-corrected chi connectivity index (χ2v) is 8.37. The van der Waals surface area contributed by atoms with Crippen LogP contribution in [0.4, 0.5) is 13.2 Å². The first-order chi connectivity index (χ1) is 13.2. The van der Waals surface area contributed by atoms with E-state index in [2.05, 4.69) is 15.5 Å². The van der Waals surface area contributed by atoms with Crippen LogP contribution in [0.5, 0.6) is 5.75 Å². The number of halogens is 4. The number of nitrogens with zero attached hydrogens (tertiary/aromatic N) is 2. The maximum Gasteiger partial charge on any atom is 0.260 e. The van der Waals surface area contributed by atoms with Gasteiger partial charge in [-0.25, -0.2) is 13.2 Å². The Labute approximate surface area is 162 Å². The first kappa shape index (κ1) is 17.8. The average Bonchev–Trinajstić information content (AvgIpc) is 2.99. The van der Waals surface area contributed by atoms with E-state index in [4.69, 9.17) is 20.8 Å². The third-order valence-corrected chi connectivity index (χ3v) is 6.02. The number of rotatable bonds is 6. The van der Waals surface area contributed by atoms with E-state index < -0.39 is 17.7 Å². The van der Waals surface area contributed by atoms with Crippen molar-refractivity contribution in [1.82, 2.24) is 15.5 Å². The lowest BCUT2D eigenvalue weighted by molar-refractivity contribution is -0.143. The summed E-state index contributed by atoms with van der Waals surface area (Å²) in [5.41, 5.74) is -0.688. The molecule has 1 aromatic heterocycles. The van der Waals surface area contributed by atoms with Crippen molar-refractivity contribution in [1.29, 1.82) is 0 Å². The van der Waals surface area contributed by atoms with Crippen LogP contribution in [-0.4, -0.2) is 34.2 Å². The van der Waals surface area contributed by atoms with Crippen molar-refractivity contribution in [2.24, 2.45) is 0 Å². The monoisotopic (exact) mass is 413 g/mol. The van der Waals surface area contributed by atoms with Gasteiger partial charge in [0.25, 0.3) is 11.8 Å². The molecule has 28 heavy (non-hydrogen) atoms. The lowest BCUT2D eigenvalue weighted by Crippen LogP contribution is -2.77. The van der Waals surface area contributed by atoms with Gasteiger partial charge in [-0.3, -0.25) is 4.79 Å². The second kappa shape index (κ2) is 5.62. The highest BCUT2D eigenvalue weighted by molar-refractivity contribution is 6.30. The molecule has 1 amide bonds. The van der Waals surface area contributed by atoms with Crippen LogP contribution in [0.15, 0.2) is 22.6 Å². The van der Waals surface area contributed by atoms with Crippen molar-refractivity contribution in [3.8, 4) is 5.75 Å². The largest absolute Gasteiger partial charge is 0.484 e. The standard InChI is InChI=1S/C18H15ClF3N3O3/c19-11-2-1-9(3-12(11)20)27-5-13(26)23-17-6-16(7-17,8-17)15-25-24-14(28-15)10-4-18(10,21)22/h1-3,10H,4-8H2,(H,23,26)/t10-,16?,17?/m0/s1. The number of aromatic nitrogens is 2. The molecule has 148 valence electrons. The van der Waals surface area contributed by atoms with E-state index in [9.17, 15) is 18.0 Å². The molecule has 2 bridgehead atoms. The Hall–Kier alpha value is -2.29. The number of amides is 1. The number of benzene rings is 1. The van der Waals surface area contributed by atoms with Crippen molar-refractivity contribution < 1.29 is 27.1 Å². The van der Waals surface area contributed by atoms with E-state index in [0.29, 0.717) is 25.2 Å². The summed E-state index contributed by atoms with van der Waals surface area (Å²) in [7, 11) is 0.